The van der Waals surface area contributed by atoms with Crippen molar-refractivity contribution in [2.45, 2.75) is 38.3 Å². The van der Waals surface area contributed by atoms with E-state index >= 15 is 0 Å². The van der Waals surface area contributed by atoms with Crippen molar-refractivity contribution in [1.29, 1.82) is 0 Å². The lowest BCUT2D eigenvalue weighted by molar-refractivity contribution is -0.140. The van der Waals surface area contributed by atoms with Gasteiger partial charge in [0, 0.05) is 45.5 Å². The number of pyridine rings is 1. The third-order valence-corrected chi connectivity index (χ3v) is 7.55. The first-order chi connectivity index (χ1) is 16.3. The fraction of sp³-hybridized carbons (Fsp3) is 0.500. The summed E-state index contributed by atoms with van der Waals surface area (Å²) in [6.45, 7) is 6.94. The summed E-state index contributed by atoms with van der Waals surface area (Å²) in [5.74, 6) is 1.34. The van der Waals surface area contributed by atoms with Crippen LogP contribution in [0.25, 0.3) is 5.65 Å². The number of hydrogen-bond donors (Lipinski definition) is 1. The van der Waals surface area contributed by atoms with Gasteiger partial charge in [0.2, 0.25) is 11.9 Å². The quantitative estimate of drug-likeness (QED) is 0.597. The highest BCUT2D eigenvalue weighted by Gasteiger charge is 2.41. The Morgan fingerprint density at radius 1 is 1.15 bits per heavy atom. The summed E-state index contributed by atoms with van der Waals surface area (Å²) in [4.78, 5) is 33.1. The summed E-state index contributed by atoms with van der Waals surface area (Å²) < 4.78 is 2.03. The summed E-state index contributed by atoms with van der Waals surface area (Å²) in [6, 6.07) is 6.13. The topological polar surface area (TPSA) is 95.9 Å². The molecule has 0 aromatic carbocycles. The summed E-state index contributed by atoms with van der Waals surface area (Å²) in [7, 11) is 1.87. The van der Waals surface area contributed by atoms with Crippen molar-refractivity contribution >= 4 is 34.9 Å². The Morgan fingerprint density at radius 2 is 1.88 bits per heavy atom. The maximum absolute atomic E-state index is 13.4. The average molecular weight is 483 g/mol. The predicted molar refractivity (Wildman–Crippen MR) is 133 cm³/mol. The number of carbonyl (C=O) groups excluding carboxylic acids is 1. The second-order valence-electron chi connectivity index (χ2n) is 9.80. The first kappa shape index (κ1) is 22.9. The van der Waals surface area contributed by atoms with Crippen LogP contribution >= 0.6 is 11.6 Å². The highest BCUT2D eigenvalue weighted by molar-refractivity contribution is 6.32. The number of carbonyl (C=O) groups is 1. The molecule has 3 aromatic heterocycles. The lowest BCUT2D eigenvalue weighted by Gasteiger charge is -2.44. The van der Waals surface area contributed by atoms with E-state index in [0.717, 1.165) is 37.3 Å². The number of amides is 1. The van der Waals surface area contributed by atoms with Gasteiger partial charge in [-0.2, -0.15) is 4.98 Å². The normalized spacial score (nSPS) is 17.8. The molecule has 34 heavy (non-hydrogen) atoms. The van der Waals surface area contributed by atoms with Crippen molar-refractivity contribution in [2.75, 3.05) is 43.0 Å². The zero-order valence-electron chi connectivity index (χ0n) is 19.9. The number of halogens is 1. The van der Waals surface area contributed by atoms with Crippen LogP contribution in [0, 0.1) is 5.92 Å². The van der Waals surface area contributed by atoms with Crippen LogP contribution in [-0.2, 0) is 10.3 Å². The number of aromatic nitrogens is 4. The summed E-state index contributed by atoms with van der Waals surface area (Å²) in [5, 5.41) is 0.503. The summed E-state index contributed by atoms with van der Waals surface area (Å²) in [5.41, 5.74) is 7.35. The molecule has 180 valence electrons. The van der Waals surface area contributed by atoms with E-state index in [0.29, 0.717) is 29.9 Å². The SMILES string of the molecule is CN(C(=O)C1CN(c2nc(N3CCC(N)CC3)ncc2Cl)C1)C(C)(C)c1cnc2ccccn12. The van der Waals surface area contributed by atoms with E-state index in [1.165, 1.54) is 0 Å². The summed E-state index contributed by atoms with van der Waals surface area (Å²) in [6.07, 6.45) is 7.34. The Morgan fingerprint density at radius 3 is 2.62 bits per heavy atom. The van der Waals surface area contributed by atoms with Crippen LogP contribution in [0.2, 0.25) is 5.02 Å². The van der Waals surface area contributed by atoms with Crippen molar-refractivity contribution in [3.05, 3.63) is 47.5 Å². The zero-order valence-corrected chi connectivity index (χ0v) is 20.6. The molecule has 0 bridgehead atoms. The third kappa shape index (κ3) is 3.96. The van der Waals surface area contributed by atoms with Gasteiger partial charge in [0.15, 0.2) is 5.82 Å². The van der Waals surface area contributed by atoms with Crippen LogP contribution in [-0.4, -0.2) is 69.4 Å². The average Bonchev–Trinajstić information content (AvgIpc) is 3.24. The molecule has 0 unspecified atom stereocenters. The van der Waals surface area contributed by atoms with Crippen LogP contribution in [0.1, 0.15) is 32.4 Å². The van der Waals surface area contributed by atoms with Gasteiger partial charge >= 0.3 is 0 Å². The van der Waals surface area contributed by atoms with Crippen molar-refractivity contribution in [1.82, 2.24) is 24.3 Å². The number of piperidine rings is 1. The molecule has 2 fully saturated rings. The second kappa shape index (κ2) is 8.70. The monoisotopic (exact) mass is 482 g/mol. The molecule has 1 amide bonds. The van der Waals surface area contributed by atoms with E-state index in [1.54, 1.807) is 6.20 Å². The van der Waals surface area contributed by atoms with Crippen LogP contribution in [0.5, 0.6) is 0 Å². The number of nitrogens with zero attached hydrogens (tertiary/aromatic N) is 7. The lowest BCUT2D eigenvalue weighted by atomic mass is 9.93. The molecule has 5 rings (SSSR count). The Labute approximate surface area is 204 Å². The van der Waals surface area contributed by atoms with Gasteiger partial charge in [-0.1, -0.05) is 17.7 Å². The standard InChI is InChI=1S/C24H31ClN8O/c1-24(2,19-13-27-20-6-4-5-9-33(19)20)30(3)22(34)16-14-32(15-16)21-18(25)12-28-23(29-21)31-10-7-17(26)8-11-31/h4-6,9,12-13,16-17H,7-8,10-11,14-15,26H2,1-3H3. The molecule has 2 N–H and O–H groups in total. The zero-order chi connectivity index (χ0) is 24.0. The van der Waals surface area contributed by atoms with Crippen LogP contribution < -0.4 is 15.5 Å². The van der Waals surface area contributed by atoms with E-state index < -0.39 is 5.54 Å². The van der Waals surface area contributed by atoms with E-state index in [2.05, 4.69) is 33.6 Å². The number of anilines is 2. The Bertz CT molecular complexity index is 1200. The molecular formula is C24H31ClN8O. The Kier molecular flexibility index (Phi) is 5.85. The maximum Gasteiger partial charge on any atom is 0.229 e. The van der Waals surface area contributed by atoms with Crippen LogP contribution in [0.15, 0.2) is 36.8 Å². The van der Waals surface area contributed by atoms with Gasteiger partial charge in [-0.05, 0) is 38.8 Å². The number of nitrogens with two attached hydrogens (primary N) is 1. The van der Waals surface area contributed by atoms with Crippen molar-refractivity contribution in [2.24, 2.45) is 11.7 Å². The fourth-order valence-electron chi connectivity index (χ4n) is 4.74. The van der Waals surface area contributed by atoms with Crippen LogP contribution in [0.3, 0.4) is 0 Å². The fourth-order valence-corrected chi connectivity index (χ4v) is 4.95. The number of hydrogen-bond acceptors (Lipinski definition) is 7. The molecule has 5 heterocycles. The Hall–Kier alpha value is -2.91. The minimum atomic E-state index is -0.521. The number of fused-ring (bicyclic) bond motifs is 1. The molecule has 0 atom stereocenters. The predicted octanol–water partition coefficient (Wildman–Crippen LogP) is 2.54. The van der Waals surface area contributed by atoms with Crippen molar-refractivity contribution in [3.63, 3.8) is 0 Å². The third-order valence-electron chi connectivity index (χ3n) is 7.28. The first-order valence-corrected chi connectivity index (χ1v) is 12.1. The van der Waals surface area contributed by atoms with Crippen molar-refractivity contribution in [3.8, 4) is 0 Å². The minimum absolute atomic E-state index is 0.0996. The Balaban J connectivity index is 1.27. The molecule has 0 saturated carbocycles. The van der Waals surface area contributed by atoms with E-state index in [1.807, 2.05) is 46.9 Å². The molecule has 2 aliphatic heterocycles. The summed E-state index contributed by atoms with van der Waals surface area (Å²) >= 11 is 6.44. The maximum atomic E-state index is 13.4. The number of rotatable bonds is 5. The van der Waals surface area contributed by atoms with Gasteiger partial charge in [-0.3, -0.25) is 4.79 Å². The molecule has 3 aromatic rings. The van der Waals surface area contributed by atoms with Gasteiger partial charge in [0.05, 0.1) is 29.5 Å². The van der Waals surface area contributed by atoms with E-state index in [9.17, 15) is 4.79 Å². The van der Waals surface area contributed by atoms with Gasteiger partial charge in [-0.25, -0.2) is 9.97 Å². The number of imidazole rings is 1. The molecule has 0 spiro atoms. The minimum Gasteiger partial charge on any atom is -0.353 e. The molecule has 2 saturated heterocycles. The van der Waals surface area contributed by atoms with E-state index in [4.69, 9.17) is 22.3 Å². The molecular weight excluding hydrogens is 452 g/mol. The highest BCUT2D eigenvalue weighted by atomic mass is 35.5. The van der Waals surface area contributed by atoms with Gasteiger partial charge in [0.25, 0.3) is 0 Å². The molecule has 9 nitrogen and oxygen atoms in total. The van der Waals surface area contributed by atoms with Crippen LogP contribution in [0.4, 0.5) is 11.8 Å². The smallest absolute Gasteiger partial charge is 0.229 e. The highest BCUT2D eigenvalue weighted by Crippen LogP contribution is 2.34. The molecule has 2 aliphatic rings. The second-order valence-corrected chi connectivity index (χ2v) is 10.2. The van der Waals surface area contributed by atoms with Crippen molar-refractivity contribution < 1.29 is 4.79 Å². The first-order valence-electron chi connectivity index (χ1n) is 11.7. The van der Waals surface area contributed by atoms with E-state index in [-0.39, 0.29) is 17.9 Å². The largest absolute Gasteiger partial charge is 0.353 e. The van der Waals surface area contributed by atoms with Gasteiger partial charge in [0.1, 0.15) is 10.7 Å². The molecule has 0 aliphatic carbocycles. The van der Waals surface area contributed by atoms with Gasteiger partial charge < -0.3 is 24.8 Å². The molecule has 10 heteroatoms. The lowest BCUT2D eigenvalue weighted by Crippen LogP contribution is -2.57. The molecule has 0 radical (unpaired) electrons. The van der Waals surface area contributed by atoms with Gasteiger partial charge in [-0.15, -0.1) is 0 Å².